The third-order valence-corrected chi connectivity index (χ3v) is 0.781. The molecule has 4 N–H and O–H groups in total. The molecule has 0 aliphatic carbocycles. The van der Waals surface area contributed by atoms with Gasteiger partial charge in [-0.15, -0.1) is 5.53 Å². The average Bonchev–Trinajstić information content (AvgIpc) is 2.15. The summed E-state index contributed by atoms with van der Waals surface area (Å²) in [5, 5.41) is 4.98. The van der Waals surface area contributed by atoms with Crippen LogP contribution in [0.2, 0.25) is 0 Å². The molecule has 1 rings (SSSR count). The summed E-state index contributed by atoms with van der Waals surface area (Å²) in [7, 11) is 0. The molecule has 0 bridgehead atoms. The Morgan fingerprint density at radius 1 is 1.89 bits per heavy atom. The van der Waals surface area contributed by atoms with E-state index in [1.54, 1.807) is 0 Å². The number of primary amides is 1. The minimum absolute atomic E-state index is 0.122. The predicted molar refractivity (Wildman–Crippen MR) is 30.7 cm³/mol. The molecule has 1 heterocycles. The van der Waals surface area contributed by atoms with E-state index in [9.17, 15) is 4.79 Å². The van der Waals surface area contributed by atoms with Crippen molar-refractivity contribution in [2.45, 2.75) is 0 Å². The van der Waals surface area contributed by atoms with Crippen LogP contribution in [0, 0.1) is 0 Å². The molecule has 0 fully saturated rings. The molecular weight excluding hydrogens is 122 g/mol. The number of nitrogens with two attached hydrogens (primary N) is 1. The fourth-order valence-corrected chi connectivity index (χ4v) is 0.469. The van der Waals surface area contributed by atoms with E-state index >= 15 is 0 Å². The average molecular weight is 129 g/mol. The summed E-state index contributed by atoms with van der Waals surface area (Å²) in [4.78, 5) is 10.2. The van der Waals surface area contributed by atoms with Crippen LogP contribution >= 0.6 is 0 Å². The van der Waals surface area contributed by atoms with Crippen molar-refractivity contribution in [2.75, 3.05) is 6.54 Å². The fourth-order valence-electron chi connectivity index (χ4n) is 0.469. The molecule has 0 aromatic carbocycles. The zero-order valence-electron chi connectivity index (χ0n) is 4.66. The normalized spacial score (nSPS) is 15.8. The third-order valence-electron chi connectivity index (χ3n) is 0.781. The van der Waals surface area contributed by atoms with Crippen molar-refractivity contribution in [3.63, 3.8) is 0 Å². The molecule has 0 radical (unpaired) electrons. The van der Waals surface area contributed by atoms with Gasteiger partial charge in [0.25, 0.3) is 0 Å². The Balaban J connectivity index is 2.28. The highest BCUT2D eigenvalue weighted by molar-refractivity contribution is 5.78. The number of hydrazone groups is 1. The van der Waals surface area contributed by atoms with Gasteiger partial charge in [-0.1, -0.05) is 0 Å². The summed E-state index contributed by atoms with van der Waals surface area (Å²) in [6.45, 7) is 0.122. The van der Waals surface area contributed by atoms with Gasteiger partial charge < -0.3 is 5.73 Å². The molecule has 0 aromatic rings. The predicted octanol–water partition coefficient (Wildman–Crippen LogP) is -2.26. The number of amides is 1. The smallest absolute Gasteiger partial charge is 0.238 e. The zero-order chi connectivity index (χ0) is 6.69. The Bertz CT molecular complexity index is 143. The van der Waals surface area contributed by atoms with Crippen LogP contribution in [0.5, 0.6) is 0 Å². The molecule has 0 aromatic heterocycles. The Morgan fingerprint density at radius 3 is 3.11 bits per heavy atom. The SMILES string of the molecule is NC(=O)CN1C=NNN1. The van der Waals surface area contributed by atoms with Gasteiger partial charge in [-0.05, 0) is 0 Å². The van der Waals surface area contributed by atoms with E-state index in [4.69, 9.17) is 5.73 Å². The molecule has 0 saturated heterocycles. The van der Waals surface area contributed by atoms with Crippen molar-refractivity contribution < 1.29 is 4.79 Å². The topological polar surface area (TPSA) is 82.8 Å². The highest BCUT2D eigenvalue weighted by Crippen LogP contribution is 1.78. The van der Waals surface area contributed by atoms with Crippen LogP contribution < -0.4 is 16.8 Å². The van der Waals surface area contributed by atoms with Gasteiger partial charge in [-0.2, -0.15) is 5.10 Å². The highest BCUT2D eigenvalue weighted by atomic mass is 16.1. The van der Waals surface area contributed by atoms with Gasteiger partial charge in [0.2, 0.25) is 5.91 Å². The second kappa shape index (κ2) is 2.31. The quantitative estimate of drug-likeness (QED) is 0.393. The van der Waals surface area contributed by atoms with E-state index in [0.29, 0.717) is 0 Å². The third kappa shape index (κ3) is 1.57. The van der Waals surface area contributed by atoms with Crippen molar-refractivity contribution in [2.24, 2.45) is 10.8 Å². The molecule has 1 aliphatic heterocycles. The van der Waals surface area contributed by atoms with Gasteiger partial charge in [-0.3, -0.25) is 9.80 Å². The van der Waals surface area contributed by atoms with Crippen LogP contribution in [0.3, 0.4) is 0 Å². The minimum atomic E-state index is -0.405. The van der Waals surface area contributed by atoms with E-state index in [1.807, 2.05) is 0 Å². The molecule has 1 amide bonds. The summed E-state index contributed by atoms with van der Waals surface area (Å²) in [5.41, 5.74) is 9.83. The molecule has 0 atom stereocenters. The van der Waals surface area contributed by atoms with E-state index in [0.717, 1.165) is 0 Å². The van der Waals surface area contributed by atoms with E-state index < -0.39 is 5.91 Å². The van der Waals surface area contributed by atoms with Gasteiger partial charge in [0.05, 0.1) is 0 Å². The van der Waals surface area contributed by atoms with Crippen molar-refractivity contribution in [3.05, 3.63) is 0 Å². The molecule has 9 heavy (non-hydrogen) atoms. The first kappa shape index (κ1) is 5.83. The van der Waals surface area contributed by atoms with Gasteiger partial charge in [0, 0.05) is 0 Å². The number of hydrogen-bond donors (Lipinski definition) is 3. The van der Waals surface area contributed by atoms with Crippen LogP contribution in [0.15, 0.2) is 5.10 Å². The van der Waals surface area contributed by atoms with Crippen LogP contribution in [0.25, 0.3) is 0 Å². The van der Waals surface area contributed by atoms with Gasteiger partial charge >= 0.3 is 0 Å². The fraction of sp³-hybridized carbons (Fsp3) is 0.333. The molecule has 0 spiro atoms. The molecule has 1 aliphatic rings. The second-order valence-electron chi connectivity index (χ2n) is 1.56. The first-order valence-electron chi connectivity index (χ1n) is 2.38. The molecule has 0 unspecified atom stereocenters. The van der Waals surface area contributed by atoms with Crippen LogP contribution in [-0.4, -0.2) is 23.8 Å². The first-order valence-corrected chi connectivity index (χ1v) is 2.38. The monoisotopic (exact) mass is 129 g/mol. The lowest BCUT2D eigenvalue weighted by molar-refractivity contribution is -0.118. The Hall–Kier alpha value is -1.30. The molecule has 6 heteroatoms. The van der Waals surface area contributed by atoms with Gasteiger partial charge in [-0.25, -0.2) is 5.53 Å². The molecule has 6 nitrogen and oxygen atoms in total. The maximum Gasteiger partial charge on any atom is 0.238 e. The lowest BCUT2D eigenvalue weighted by atomic mass is 10.6. The molecular formula is C3H7N5O. The lowest BCUT2D eigenvalue weighted by Gasteiger charge is -2.08. The number of nitrogens with one attached hydrogen (secondary N) is 2. The number of hydrogen-bond acceptors (Lipinski definition) is 5. The number of carbonyl (C=O) groups is 1. The summed E-state index contributed by atoms with van der Waals surface area (Å²) in [6, 6.07) is 0. The summed E-state index contributed by atoms with van der Waals surface area (Å²) < 4.78 is 0. The highest BCUT2D eigenvalue weighted by Gasteiger charge is 2.05. The van der Waals surface area contributed by atoms with Crippen LogP contribution in [-0.2, 0) is 4.79 Å². The van der Waals surface area contributed by atoms with Crippen molar-refractivity contribution in [1.29, 1.82) is 0 Å². The van der Waals surface area contributed by atoms with E-state index in [2.05, 4.69) is 16.2 Å². The van der Waals surface area contributed by atoms with Crippen molar-refractivity contribution in [3.8, 4) is 0 Å². The van der Waals surface area contributed by atoms with Crippen molar-refractivity contribution in [1.82, 2.24) is 16.1 Å². The van der Waals surface area contributed by atoms with Gasteiger partial charge in [0.1, 0.15) is 12.9 Å². The van der Waals surface area contributed by atoms with Crippen molar-refractivity contribution >= 4 is 12.2 Å². The Labute approximate surface area is 51.6 Å². The minimum Gasteiger partial charge on any atom is -0.368 e. The lowest BCUT2D eigenvalue weighted by Crippen LogP contribution is -2.42. The van der Waals surface area contributed by atoms with E-state index in [-0.39, 0.29) is 6.54 Å². The zero-order valence-corrected chi connectivity index (χ0v) is 4.66. The summed E-state index contributed by atoms with van der Waals surface area (Å²) >= 11 is 0. The maximum atomic E-state index is 10.2. The molecule has 0 saturated carbocycles. The van der Waals surface area contributed by atoms with E-state index in [1.165, 1.54) is 11.3 Å². The standard InChI is InChI=1S/C3H7N5O/c4-3(9)1-8-2-5-6-7-8/h2,6-7H,1H2,(H2,4,9). The number of rotatable bonds is 2. The summed E-state index contributed by atoms with van der Waals surface area (Å²) in [6.07, 6.45) is 1.44. The number of nitrogens with zero attached hydrogens (tertiary/aromatic N) is 2. The largest absolute Gasteiger partial charge is 0.368 e. The second-order valence-corrected chi connectivity index (χ2v) is 1.56. The Morgan fingerprint density at radius 2 is 2.67 bits per heavy atom. The molecule has 50 valence electrons. The van der Waals surface area contributed by atoms with Gasteiger partial charge in [0.15, 0.2) is 0 Å². The Kier molecular flexibility index (Phi) is 1.50. The first-order chi connectivity index (χ1) is 4.29. The summed E-state index contributed by atoms with van der Waals surface area (Å²) in [5.74, 6) is -0.405. The maximum absolute atomic E-state index is 10.2. The van der Waals surface area contributed by atoms with Crippen LogP contribution in [0.4, 0.5) is 0 Å². The number of hydrazine groups is 2. The van der Waals surface area contributed by atoms with Crippen LogP contribution in [0.1, 0.15) is 0 Å². The number of carbonyl (C=O) groups excluding carboxylic acids is 1.